The highest BCUT2D eigenvalue weighted by molar-refractivity contribution is 5.15. The third-order valence-corrected chi connectivity index (χ3v) is 4.66. The summed E-state index contributed by atoms with van der Waals surface area (Å²) in [5.74, 6) is 1.18. The highest BCUT2D eigenvalue weighted by Crippen LogP contribution is 2.39. The van der Waals surface area contributed by atoms with Gasteiger partial charge in [-0.15, -0.1) is 0 Å². The highest BCUT2D eigenvalue weighted by Gasteiger charge is 2.44. The van der Waals surface area contributed by atoms with Crippen LogP contribution in [0.15, 0.2) is 0 Å². The molecular formula is C14H25N3. The van der Waals surface area contributed by atoms with E-state index in [0.717, 1.165) is 25.3 Å². The van der Waals surface area contributed by atoms with Gasteiger partial charge in [-0.2, -0.15) is 5.26 Å². The van der Waals surface area contributed by atoms with Crippen molar-refractivity contribution in [2.45, 2.75) is 57.0 Å². The second-order valence-corrected chi connectivity index (χ2v) is 6.17. The van der Waals surface area contributed by atoms with Crippen molar-refractivity contribution in [2.24, 2.45) is 17.6 Å². The fourth-order valence-corrected chi connectivity index (χ4v) is 3.34. The predicted molar refractivity (Wildman–Crippen MR) is 69.3 cm³/mol. The second-order valence-electron chi connectivity index (χ2n) is 6.17. The van der Waals surface area contributed by atoms with Crippen molar-refractivity contribution >= 4 is 0 Å². The Morgan fingerprint density at radius 3 is 2.47 bits per heavy atom. The lowest BCUT2D eigenvalue weighted by Gasteiger charge is -2.39. The maximum Gasteiger partial charge on any atom is 0.119 e. The van der Waals surface area contributed by atoms with Crippen LogP contribution in [0, 0.1) is 23.2 Å². The van der Waals surface area contributed by atoms with Gasteiger partial charge in [-0.05, 0) is 44.6 Å². The van der Waals surface area contributed by atoms with E-state index in [0.29, 0.717) is 12.0 Å². The molecule has 3 atom stereocenters. The average Bonchev–Trinajstić information content (AvgIpc) is 3.13. The topological polar surface area (TPSA) is 53.0 Å². The van der Waals surface area contributed by atoms with Crippen LogP contribution >= 0.6 is 0 Å². The summed E-state index contributed by atoms with van der Waals surface area (Å²) in [4.78, 5) is 2.35. The first-order valence-corrected chi connectivity index (χ1v) is 6.97. The summed E-state index contributed by atoms with van der Waals surface area (Å²) in [7, 11) is 2.15. The first-order valence-electron chi connectivity index (χ1n) is 6.97. The quantitative estimate of drug-likeness (QED) is 0.812. The van der Waals surface area contributed by atoms with Crippen LogP contribution in [0.2, 0.25) is 0 Å². The second kappa shape index (κ2) is 4.96. The molecule has 17 heavy (non-hydrogen) atoms. The van der Waals surface area contributed by atoms with Gasteiger partial charge in [-0.3, -0.25) is 0 Å². The van der Waals surface area contributed by atoms with Crippen molar-refractivity contribution in [1.29, 1.82) is 5.26 Å². The molecule has 2 N–H and O–H groups in total. The van der Waals surface area contributed by atoms with E-state index in [2.05, 4.69) is 24.9 Å². The van der Waals surface area contributed by atoms with Crippen molar-refractivity contribution in [1.82, 2.24) is 4.90 Å². The molecule has 3 nitrogen and oxygen atoms in total. The number of nitrogens with two attached hydrogens (primary N) is 1. The van der Waals surface area contributed by atoms with Gasteiger partial charge in [0.2, 0.25) is 0 Å². The molecule has 2 aliphatic rings. The van der Waals surface area contributed by atoms with Gasteiger partial charge >= 0.3 is 0 Å². The van der Waals surface area contributed by atoms with Crippen LogP contribution < -0.4 is 5.73 Å². The number of hydrogen-bond donors (Lipinski definition) is 1. The molecule has 0 bridgehead atoms. The van der Waals surface area contributed by atoms with Gasteiger partial charge in [0.15, 0.2) is 0 Å². The Labute approximate surface area is 105 Å². The van der Waals surface area contributed by atoms with E-state index in [1.807, 2.05) is 0 Å². The monoisotopic (exact) mass is 235 g/mol. The van der Waals surface area contributed by atoms with Crippen LogP contribution in [0.1, 0.15) is 45.4 Å². The van der Waals surface area contributed by atoms with Crippen LogP contribution in [-0.2, 0) is 0 Å². The lowest BCUT2D eigenvalue weighted by atomic mass is 9.84. The molecule has 0 aromatic heterocycles. The van der Waals surface area contributed by atoms with Gasteiger partial charge in [0.05, 0.1) is 6.07 Å². The molecule has 2 rings (SSSR count). The van der Waals surface area contributed by atoms with Crippen molar-refractivity contribution in [3.05, 3.63) is 0 Å². The number of nitrogens with zero attached hydrogens (tertiary/aromatic N) is 2. The summed E-state index contributed by atoms with van der Waals surface area (Å²) in [5.41, 5.74) is 5.65. The third kappa shape index (κ3) is 2.81. The maximum absolute atomic E-state index is 9.31. The van der Waals surface area contributed by atoms with Gasteiger partial charge in [-0.25, -0.2) is 0 Å². The van der Waals surface area contributed by atoms with E-state index >= 15 is 0 Å². The number of likely N-dealkylation sites (N-methyl/N-ethyl adjacent to an activating group) is 1. The predicted octanol–water partition coefficient (Wildman–Crippen LogP) is 2.13. The molecule has 0 radical (unpaired) electrons. The Morgan fingerprint density at radius 2 is 1.94 bits per heavy atom. The summed E-state index contributed by atoms with van der Waals surface area (Å²) in [5, 5.41) is 9.31. The first-order chi connectivity index (χ1) is 8.07. The Kier molecular flexibility index (Phi) is 3.75. The molecule has 0 aliphatic heterocycles. The molecule has 0 saturated heterocycles. The number of nitriles is 1. The van der Waals surface area contributed by atoms with Crippen molar-refractivity contribution in [2.75, 3.05) is 13.6 Å². The van der Waals surface area contributed by atoms with E-state index in [1.54, 1.807) is 0 Å². The molecule has 3 heteroatoms. The van der Waals surface area contributed by atoms with Crippen LogP contribution in [0.25, 0.3) is 0 Å². The normalized spacial score (nSPS) is 33.1. The minimum Gasteiger partial charge on any atom is -0.312 e. The van der Waals surface area contributed by atoms with Crippen LogP contribution in [0.5, 0.6) is 0 Å². The summed E-state index contributed by atoms with van der Waals surface area (Å²) in [6.07, 6.45) is 7.55. The zero-order chi connectivity index (χ0) is 12.5. The van der Waals surface area contributed by atoms with E-state index in [9.17, 15) is 5.26 Å². The highest BCUT2D eigenvalue weighted by atomic mass is 15.2. The lowest BCUT2D eigenvalue weighted by molar-refractivity contribution is 0.119. The summed E-state index contributed by atoms with van der Waals surface area (Å²) in [6, 6.07) is 2.99. The fourth-order valence-electron chi connectivity index (χ4n) is 3.34. The van der Waals surface area contributed by atoms with Crippen molar-refractivity contribution in [3.8, 4) is 6.07 Å². The molecule has 0 aromatic carbocycles. The molecule has 3 unspecified atom stereocenters. The van der Waals surface area contributed by atoms with Crippen molar-refractivity contribution < 1.29 is 0 Å². The van der Waals surface area contributed by atoms with E-state index < -0.39 is 5.54 Å². The smallest absolute Gasteiger partial charge is 0.119 e. The molecular weight excluding hydrogens is 210 g/mol. The molecule has 96 valence electrons. The standard InChI is InChI=1S/C14H25N3/c1-11-5-3-4-6-13(11)17(2)10-14(16,9-15)12-7-8-12/h11-13H,3-8,10,16H2,1-2H3. The average molecular weight is 235 g/mol. The first kappa shape index (κ1) is 12.9. The van der Waals surface area contributed by atoms with Gasteiger partial charge < -0.3 is 10.6 Å². The SMILES string of the molecule is CC1CCCCC1N(C)CC(N)(C#N)C1CC1. The number of hydrogen-bond acceptors (Lipinski definition) is 3. The Balaban J connectivity index is 1.95. The third-order valence-electron chi connectivity index (χ3n) is 4.66. The molecule has 2 fully saturated rings. The van der Waals surface area contributed by atoms with E-state index in [4.69, 9.17) is 5.73 Å². The van der Waals surface area contributed by atoms with Gasteiger partial charge in [0, 0.05) is 12.6 Å². The summed E-state index contributed by atoms with van der Waals surface area (Å²) in [6.45, 7) is 3.07. The Morgan fingerprint density at radius 1 is 1.29 bits per heavy atom. The van der Waals surface area contributed by atoms with Gasteiger partial charge in [-0.1, -0.05) is 19.8 Å². The summed E-state index contributed by atoms with van der Waals surface area (Å²) >= 11 is 0. The zero-order valence-electron chi connectivity index (χ0n) is 11.2. The molecule has 0 aromatic rings. The van der Waals surface area contributed by atoms with E-state index in [1.165, 1.54) is 25.7 Å². The summed E-state index contributed by atoms with van der Waals surface area (Å²) < 4.78 is 0. The fraction of sp³-hybridized carbons (Fsp3) is 0.929. The van der Waals surface area contributed by atoms with Crippen LogP contribution in [-0.4, -0.2) is 30.1 Å². The van der Waals surface area contributed by atoms with E-state index in [-0.39, 0.29) is 0 Å². The minimum absolute atomic E-state index is 0.439. The Bertz CT molecular complexity index is 305. The lowest BCUT2D eigenvalue weighted by Crippen LogP contribution is -2.53. The zero-order valence-corrected chi connectivity index (χ0v) is 11.2. The van der Waals surface area contributed by atoms with Gasteiger partial charge in [0.1, 0.15) is 5.54 Å². The van der Waals surface area contributed by atoms with Crippen LogP contribution in [0.3, 0.4) is 0 Å². The molecule has 0 amide bonds. The molecule has 2 aliphatic carbocycles. The molecule has 0 heterocycles. The van der Waals surface area contributed by atoms with Gasteiger partial charge in [0.25, 0.3) is 0 Å². The Hall–Kier alpha value is -0.590. The van der Waals surface area contributed by atoms with Crippen molar-refractivity contribution in [3.63, 3.8) is 0 Å². The largest absolute Gasteiger partial charge is 0.312 e. The molecule has 0 spiro atoms. The van der Waals surface area contributed by atoms with Crippen LogP contribution in [0.4, 0.5) is 0 Å². The minimum atomic E-state index is -0.605. The number of rotatable bonds is 4. The molecule has 2 saturated carbocycles. The maximum atomic E-state index is 9.31.